The number of nitrogens with one attached hydrogen (secondary N) is 1. The molecule has 1 heterocycles. The number of aromatic amines is 1. The molecule has 0 atom stereocenters. The first-order valence-corrected chi connectivity index (χ1v) is 6.64. The predicted molar refractivity (Wildman–Crippen MR) is 63.8 cm³/mol. The maximum atomic E-state index is 11.5. The fourth-order valence-corrected chi connectivity index (χ4v) is 1.96. The van der Waals surface area contributed by atoms with E-state index in [4.69, 9.17) is 0 Å². The van der Waals surface area contributed by atoms with Crippen LogP contribution >= 0.6 is 27.7 Å². The van der Waals surface area contributed by atoms with E-state index in [2.05, 4.69) is 32.8 Å². The zero-order chi connectivity index (χ0) is 10.6. The van der Waals surface area contributed by atoms with Crippen LogP contribution < -0.4 is 5.56 Å². The summed E-state index contributed by atoms with van der Waals surface area (Å²) in [5.41, 5.74) is 0.785. The lowest BCUT2D eigenvalue weighted by Gasteiger charge is -2.04. The lowest BCUT2D eigenvalue weighted by molar-refractivity contribution is 0.836. The van der Waals surface area contributed by atoms with E-state index in [9.17, 15) is 4.79 Å². The van der Waals surface area contributed by atoms with E-state index in [1.54, 1.807) is 11.8 Å². The van der Waals surface area contributed by atoms with Gasteiger partial charge in [-0.2, -0.15) is 11.8 Å². The molecule has 78 valence electrons. The van der Waals surface area contributed by atoms with E-state index in [1.807, 2.05) is 6.26 Å². The minimum atomic E-state index is -0.0764. The minimum absolute atomic E-state index is 0.0764. The van der Waals surface area contributed by atoms with Crippen molar-refractivity contribution >= 4 is 27.7 Å². The molecule has 1 N–H and O–H groups in total. The van der Waals surface area contributed by atoms with Gasteiger partial charge >= 0.3 is 0 Å². The Morgan fingerprint density at radius 2 is 2.29 bits per heavy atom. The largest absolute Gasteiger partial charge is 0.309 e. The molecule has 0 saturated heterocycles. The highest BCUT2D eigenvalue weighted by atomic mass is 79.9. The van der Waals surface area contributed by atoms with Crippen LogP contribution in [-0.4, -0.2) is 16.2 Å². The van der Waals surface area contributed by atoms with Crippen molar-refractivity contribution in [2.24, 2.45) is 0 Å². The maximum Gasteiger partial charge on any atom is 0.265 e. The van der Waals surface area contributed by atoms with Gasteiger partial charge < -0.3 is 4.98 Å². The average molecular weight is 277 g/mol. The van der Waals surface area contributed by atoms with Crippen LogP contribution in [0, 0.1) is 0 Å². The van der Waals surface area contributed by atoms with Gasteiger partial charge in [0.25, 0.3) is 5.56 Å². The van der Waals surface area contributed by atoms with Crippen molar-refractivity contribution in [3.63, 3.8) is 0 Å². The second-order valence-corrected chi connectivity index (χ2v) is 4.62. The van der Waals surface area contributed by atoms with Crippen molar-refractivity contribution in [2.45, 2.75) is 25.5 Å². The SMILES string of the molecule is CCCc1nc(CSC)[nH]c(=O)c1Br. The number of hydrogen-bond acceptors (Lipinski definition) is 3. The van der Waals surface area contributed by atoms with E-state index in [0.717, 1.165) is 30.1 Å². The molecule has 14 heavy (non-hydrogen) atoms. The molecular weight excluding hydrogens is 264 g/mol. The molecule has 3 nitrogen and oxygen atoms in total. The van der Waals surface area contributed by atoms with Gasteiger partial charge in [-0.1, -0.05) is 13.3 Å². The summed E-state index contributed by atoms with van der Waals surface area (Å²) in [6, 6.07) is 0. The normalized spacial score (nSPS) is 10.5. The molecule has 0 aliphatic rings. The maximum absolute atomic E-state index is 11.5. The number of aryl methyl sites for hydroxylation is 1. The molecule has 0 aliphatic carbocycles. The summed E-state index contributed by atoms with van der Waals surface area (Å²) in [7, 11) is 0. The summed E-state index contributed by atoms with van der Waals surface area (Å²) < 4.78 is 0.573. The summed E-state index contributed by atoms with van der Waals surface area (Å²) in [5.74, 6) is 1.51. The van der Waals surface area contributed by atoms with Crippen LogP contribution in [0.15, 0.2) is 9.27 Å². The number of H-pyrrole nitrogens is 1. The van der Waals surface area contributed by atoms with Crippen LogP contribution in [0.4, 0.5) is 0 Å². The van der Waals surface area contributed by atoms with E-state index in [1.165, 1.54) is 0 Å². The molecule has 1 aromatic rings. The van der Waals surface area contributed by atoms with Gasteiger partial charge in [0.05, 0.1) is 11.4 Å². The van der Waals surface area contributed by atoms with E-state index >= 15 is 0 Å². The van der Waals surface area contributed by atoms with Gasteiger partial charge in [0, 0.05) is 0 Å². The highest BCUT2D eigenvalue weighted by Crippen LogP contribution is 2.12. The molecule has 0 spiro atoms. The first-order chi connectivity index (χ1) is 6.69. The predicted octanol–water partition coefficient (Wildman–Crippen LogP) is 2.35. The number of thioether (sulfide) groups is 1. The third-order valence-corrected chi connectivity index (χ3v) is 3.13. The standard InChI is InChI=1S/C9H13BrN2OS/c1-3-4-6-8(10)9(13)12-7(11-6)5-14-2/h3-5H2,1-2H3,(H,11,12,13). The van der Waals surface area contributed by atoms with Gasteiger partial charge in [-0.05, 0) is 28.6 Å². The van der Waals surface area contributed by atoms with Crippen molar-refractivity contribution in [3.8, 4) is 0 Å². The lowest BCUT2D eigenvalue weighted by atomic mass is 10.2. The highest BCUT2D eigenvalue weighted by Gasteiger charge is 2.07. The molecular formula is C9H13BrN2OS. The van der Waals surface area contributed by atoms with Crippen LogP contribution in [-0.2, 0) is 12.2 Å². The van der Waals surface area contributed by atoms with Gasteiger partial charge in [-0.15, -0.1) is 0 Å². The van der Waals surface area contributed by atoms with E-state index in [0.29, 0.717) is 4.47 Å². The molecule has 0 aliphatic heterocycles. The first-order valence-electron chi connectivity index (χ1n) is 4.45. The van der Waals surface area contributed by atoms with Crippen molar-refractivity contribution in [1.29, 1.82) is 0 Å². The Bertz CT molecular complexity index is 364. The average Bonchev–Trinajstić information content (AvgIpc) is 2.14. The monoisotopic (exact) mass is 276 g/mol. The molecule has 5 heteroatoms. The molecule has 0 amide bonds. The van der Waals surface area contributed by atoms with Crippen LogP contribution in [0.1, 0.15) is 24.9 Å². The molecule has 0 saturated carbocycles. The van der Waals surface area contributed by atoms with E-state index < -0.39 is 0 Å². The smallest absolute Gasteiger partial charge is 0.265 e. The molecule has 0 fully saturated rings. The summed E-state index contributed by atoms with van der Waals surface area (Å²) in [6.07, 6.45) is 3.82. The Morgan fingerprint density at radius 3 is 2.86 bits per heavy atom. The Morgan fingerprint density at radius 1 is 1.57 bits per heavy atom. The number of hydrogen-bond donors (Lipinski definition) is 1. The molecule has 0 unspecified atom stereocenters. The van der Waals surface area contributed by atoms with Crippen LogP contribution in [0.2, 0.25) is 0 Å². The van der Waals surface area contributed by atoms with Gasteiger partial charge in [0.15, 0.2) is 0 Å². The second kappa shape index (κ2) is 5.56. The molecule has 0 bridgehead atoms. The first kappa shape index (κ1) is 11.8. The van der Waals surface area contributed by atoms with Gasteiger partial charge in [0.2, 0.25) is 0 Å². The fraction of sp³-hybridized carbons (Fsp3) is 0.556. The Labute approximate surface area is 95.8 Å². The number of halogens is 1. The minimum Gasteiger partial charge on any atom is -0.309 e. The van der Waals surface area contributed by atoms with Crippen LogP contribution in [0.5, 0.6) is 0 Å². The third-order valence-electron chi connectivity index (χ3n) is 1.75. The zero-order valence-electron chi connectivity index (χ0n) is 8.26. The second-order valence-electron chi connectivity index (χ2n) is 2.96. The quantitative estimate of drug-likeness (QED) is 0.918. The molecule has 1 aromatic heterocycles. The summed E-state index contributed by atoms with van der Waals surface area (Å²) in [5, 5.41) is 0. The molecule has 1 rings (SSSR count). The van der Waals surface area contributed by atoms with Crippen molar-refractivity contribution in [1.82, 2.24) is 9.97 Å². The Hall–Kier alpha value is -0.290. The van der Waals surface area contributed by atoms with Gasteiger partial charge in [-0.3, -0.25) is 4.79 Å². The fourth-order valence-electron chi connectivity index (χ4n) is 1.16. The zero-order valence-corrected chi connectivity index (χ0v) is 10.7. The third kappa shape index (κ3) is 2.85. The Balaban J connectivity index is 3.07. The summed E-state index contributed by atoms with van der Waals surface area (Å²) in [4.78, 5) is 18.6. The van der Waals surface area contributed by atoms with E-state index in [-0.39, 0.29) is 5.56 Å². The van der Waals surface area contributed by atoms with Crippen molar-refractivity contribution in [2.75, 3.05) is 6.26 Å². The van der Waals surface area contributed by atoms with Crippen molar-refractivity contribution in [3.05, 3.63) is 26.3 Å². The number of rotatable bonds is 4. The van der Waals surface area contributed by atoms with Gasteiger partial charge in [0.1, 0.15) is 10.3 Å². The topological polar surface area (TPSA) is 45.8 Å². The number of aromatic nitrogens is 2. The van der Waals surface area contributed by atoms with Crippen LogP contribution in [0.25, 0.3) is 0 Å². The Kier molecular flexibility index (Phi) is 4.68. The summed E-state index contributed by atoms with van der Waals surface area (Å²) in [6.45, 7) is 2.07. The lowest BCUT2D eigenvalue weighted by Crippen LogP contribution is -2.15. The molecule has 0 aromatic carbocycles. The van der Waals surface area contributed by atoms with Crippen molar-refractivity contribution < 1.29 is 0 Å². The molecule has 0 radical (unpaired) electrons. The highest BCUT2D eigenvalue weighted by molar-refractivity contribution is 9.10. The van der Waals surface area contributed by atoms with Gasteiger partial charge in [-0.25, -0.2) is 4.98 Å². The number of nitrogens with zero attached hydrogens (tertiary/aromatic N) is 1. The van der Waals surface area contributed by atoms with Crippen LogP contribution in [0.3, 0.4) is 0 Å². The summed E-state index contributed by atoms with van der Waals surface area (Å²) >= 11 is 4.90.